The van der Waals surface area contributed by atoms with E-state index in [4.69, 9.17) is 10.5 Å². The van der Waals surface area contributed by atoms with Crippen LogP contribution in [0.5, 0.6) is 5.75 Å². The lowest BCUT2D eigenvalue weighted by Crippen LogP contribution is -1.93. The van der Waals surface area contributed by atoms with Crippen LogP contribution < -0.4 is 10.5 Å². The lowest BCUT2D eigenvalue weighted by molar-refractivity contribution is 0.416. The molecule has 0 heterocycles. The van der Waals surface area contributed by atoms with Gasteiger partial charge < -0.3 is 10.5 Å². The van der Waals surface area contributed by atoms with Crippen molar-refractivity contribution in [3.05, 3.63) is 48.0 Å². The molecule has 0 radical (unpaired) electrons. The highest BCUT2D eigenvalue weighted by atomic mass is 16.5. The van der Waals surface area contributed by atoms with Crippen LogP contribution in [0.15, 0.2) is 42.5 Å². The Bertz CT molecular complexity index is 506. The van der Waals surface area contributed by atoms with E-state index in [1.165, 1.54) is 5.56 Å². The fraction of sp³-hybridized carbons (Fsp3) is 0.143. The first-order chi connectivity index (χ1) is 7.72. The summed E-state index contributed by atoms with van der Waals surface area (Å²) in [5, 5.41) is 0. The minimum Gasteiger partial charge on any atom is -0.496 e. The molecular weight excluding hydrogens is 198 g/mol. The third-order valence-corrected chi connectivity index (χ3v) is 2.61. The smallest absolute Gasteiger partial charge is 0.126 e. The molecule has 0 aliphatic rings. The molecule has 0 saturated carbocycles. The summed E-state index contributed by atoms with van der Waals surface area (Å²) < 4.78 is 5.34. The van der Waals surface area contributed by atoms with E-state index >= 15 is 0 Å². The number of anilines is 1. The Morgan fingerprint density at radius 1 is 1.00 bits per heavy atom. The third kappa shape index (κ3) is 1.87. The number of methoxy groups -OCH3 is 1. The van der Waals surface area contributed by atoms with E-state index in [1.807, 2.05) is 36.4 Å². The fourth-order valence-electron chi connectivity index (χ4n) is 1.77. The number of nitrogens with two attached hydrogens (primary N) is 1. The Labute approximate surface area is 95.7 Å². The Kier molecular flexibility index (Phi) is 2.82. The number of para-hydroxylation sites is 1. The van der Waals surface area contributed by atoms with Gasteiger partial charge in [-0.15, -0.1) is 0 Å². The van der Waals surface area contributed by atoms with Crippen LogP contribution in [0.4, 0.5) is 5.69 Å². The fourth-order valence-corrected chi connectivity index (χ4v) is 1.77. The first kappa shape index (κ1) is 10.6. The number of nitrogen functional groups attached to an aromatic ring is 1. The second kappa shape index (κ2) is 4.27. The van der Waals surface area contributed by atoms with E-state index < -0.39 is 0 Å². The molecule has 2 aromatic rings. The van der Waals surface area contributed by atoms with Gasteiger partial charge in [0, 0.05) is 16.8 Å². The molecule has 0 amide bonds. The van der Waals surface area contributed by atoms with Gasteiger partial charge in [-0.3, -0.25) is 0 Å². The number of rotatable bonds is 2. The number of aryl methyl sites for hydroxylation is 1. The van der Waals surface area contributed by atoms with Gasteiger partial charge in [0.05, 0.1) is 7.11 Å². The van der Waals surface area contributed by atoms with Gasteiger partial charge in [0.2, 0.25) is 0 Å². The summed E-state index contributed by atoms with van der Waals surface area (Å²) in [7, 11) is 1.67. The van der Waals surface area contributed by atoms with Crippen LogP contribution in [0.25, 0.3) is 11.1 Å². The lowest BCUT2D eigenvalue weighted by atomic mass is 10.0. The monoisotopic (exact) mass is 213 g/mol. The summed E-state index contributed by atoms with van der Waals surface area (Å²) in [5.41, 5.74) is 10.0. The van der Waals surface area contributed by atoms with Crippen LogP contribution >= 0.6 is 0 Å². The van der Waals surface area contributed by atoms with Crippen molar-refractivity contribution in [2.24, 2.45) is 0 Å². The maximum Gasteiger partial charge on any atom is 0.126 e. The molecule has 2 nitrogen and oxygen atoms in total. The summed E-state index contributed by atoms with van der Waals surface area (Å²) in [4.78, 5) is 0. The minimum atomic E-state index is 0.773. The Hall–Kier alpha value is -1.96. The van der Waals surface area contributed by atoms with Crippen molar-refractivity contribution in [1.29, 1.82) is 0 Å². The zero-order chi connectivity index (χ0) is 11.5. The van der Waals surface area contributed by atoms with Crippen LogP contribution in [0, 0.1) is 6.92 Å². The topological polar surface area (TPSA) is 35.2 Å². The summed E-state index contributed by atoms with van der Waals surface area (Å²) in [5.74, 6) is 0.847. The molecule has 0 fully saturated rings. The standard InChI is InChI=1S/C14H15NO/c1-10-7-8-13(15)12(9-10)11-5-3-4-6-14(11)16-2/h3-9H,15H2,1-2H3. The van der Waals surface area contributed by atoms with E-state index in [-0.39, 0.29) is 0 Å². The molecule has 0 aromatic heterocycles. The molecule has 0 aliphatic heterocycles. The maximum absolute atomic E-state index is 5.99. The van der Waals surface area contributed by atoms with E-state index in [2.05, 4.69) is 13.0 Å². The second-order valence-corrected chi connectivity index (χ2v) is 3.79. The average Bonchev–Trinajstić information content (AvgIpc) is 2.32. The molecule has 0 bridgehead atoms. The highest BCUT2D eigenvalue weighted by Gasteiger charge is 2.07. The van der Waals surface area contributed by atoms with Crippen LogP contribution in [-0.4, -0.2) is 7.11 Å². The summed E-state index contributed by atoms with van der Waals surface area (Å²) >= 11 is 0. The Morgan fingerprint density at radius 3 is 2.50 bits per heavy atom. The van der Waals surface area contributed by atoms with Gasteiger partial charge in [-0.1, -0.05) is 29.8 Å². The van der Waals surface area contributed by atoms with Gasteiger partial charge in [0.15, 0.2) is 0 Å². The van der Waals surface area contributed by atoms with Gasteiger partial charge in [-0.2, -0.15) is 0 Å². The third-order valence-electron chi connectivity index (χ3n) is 2.61. The summed E-state index contributed by atoms with van der Waals surface area (Å²) in [6.45, 7) is 2.05. The number of hydrogen-bond acceptors (Lipinski definition) is 2. The average molecular weight is 213 g/mol. The molecule has 0 spiro atoms. The number of hydrogen-bond donors (Lipinski definition) is 1. The molecule has 2 rings (SSSR count). The summed E-state index contributed by atoms with van der Waals surface area (Å²) in [6, 6.07) is 13.9. The van der Waals surface area contributed by atoms with Gasteiger partial charge in [-0.25, -0.2) is 0 Å². The Balaban J connectivity index is 2.62. The van der Waals surface area contributed by atoms with Crippen molar-refractivity contribution in [2.75, 3.05) is 12.8 Å². The molecule has 2 N–H and O–H groups in total. The van der Waals surface area contributed by atoms with Crippen LogP contribution in [0.1, 0.15) is 5.56 Å². The quantitative estimate of drug-likeness (QED) is 0.777. The van der Waals surface area contributed by atoms with E-state index in [1.54, 1.807) is 7.11 Å². The molecular formula is C14H15NO. The molecule has 0 saturated heterocycles. The lowest BCUT2D eigenvalue weighted by Gasteiger charge is -2.11. The van der Waals surface area contributed by atoms with Crippen molar-refractivity contribution in [2.45, 2.75) is 6.92 Å². The normalized spacial score (nSPS) is 10.1. The molecule has 2 heteroatoms. The molecule has 16 heavy (non-hydrogen) atoms. The van der Waals surface area contributed by atoms with Crippen molar-refractivity contribution in [3.63, 3.8) is 0 Å². The number of benzene rings is 2. The molecule has 0 aliphatic carbocycles. The highest BCUT2D eigenvalue weighted by Crippen LogP contribution is 2.33. The van der Waals surface area contributed by atoms with Crippen molar-refractivity contribution < 1.29 is 4.74 Å². The molecule has 2 aromatic carbocycles. The first-order valence-corrected chi connectivity index (χ1v) is 5.22. The van der Waals surface area contributed by atoms with Crippen LogP contribution in [-0.2, 0) is 0 Å². The zero-order valence-corrected chi connectivity index (χ0v) is 9.53. The van der Waals surface area contributed by atoms with Crippen LogP contribution in [0.3, 0.4) is 0 Å². The Morgan fingerprint density at radius 2 is 1.75 bits per heavy atom. The van der Waals surface area contributed by atoms with E-state index in [9.17, 15) is 0 Å². The minimum absolute atomic E-state index is 0.773. The predicted molar refractivity (Wildman–Crippen MR) is 67.6 cm³/mol. The zero-order valence-electron chi connectivity index (χ0n) is 9.53. The van der Waals surface area contributed by atoms with Crippen molar-refractivity contribution >= 4 is 5.69 Å². The predicted octanol–water partition coefficient (Wildman–Crippen LogP) is 3.25. The van der Waals surface area contributed by atoms with Gasteiger partial charge in [-0.05, 0) is 25.1 Å². The maximum atomic E-state index is 5.99. The summed E-state index contributed by atoms with van der Waals surface area (Å²) in [6.07, 6.45) is 0. The van der Waals surface area contributed by atoms with E-state index in [0.717, 1.165) is 22.6 Å². The van der Waals surface area contributed by atoms with Gasteiger partial charge in [0.25, 0.3) is 0 Å². The molecule has 0 unspecified atom stereocenters. The first-order valence-electron chi connectivity index (χ1n) is 5.22. The van der Waals surface area contributed by atoms with Crippen molar-refractivity contribution in [3.8, 4) is 16.9 Å². The largest absolute Gasteiger partial charge is 0.496 e. The van der Waals surface area contributed by atoms with E-state index in [0.29, 0.717) is 0 Å². The highest BCUT2D eigenvalue weighted by molar-refractivity contribution is 5.80. The van der Waals surface area contributed by atoms with Gasteiger partial charge >= 0.3 is 0 Å². The molecule has 82 valence electrons. The second-order valence-electron chi connectivity index (χ2n) is 3.79. The van der Waals surface area contributed by atoms with Gasteiger partial charge in [0.1, 0.15) is 5.75 Å². The van der Waals surface area contributed by atoms with Crippen LogP contribution in [0.2, 0.25) is 0 Å². The SMILES string of the molecule is COc1ccccc1-c1cc(C)ccc1N. The number of ether oxygens (including phenoxy) is 1. The van der Waals surface area contributed by atoms with Crippen molar-refractivity contribution in [1.82, 2.24) is 0 Å². The molecule has 0 atom stereocenters.